The van der Waals surface area contributed by atoms with Crippen molar-refractivity contribution in [1.82, 2.24) is 0 Å². The molecule has 1 aromatic rings. The van der Waals surface area contributed by atoms with E-state index in [1.807, 2.05) is 0 Å². The monoisotopic (exact) mass is 301 g/mol. The van der Waals surface area contributed by atoms with Crippen LogP contribution in [0.25, 0.3) is 0 Å². The van der Waals surface area contributed by atoms with Gasteiger partial charge in [0, 0.05) is 11.6 Å². The Balaban J connectivity index is 3.18. The van der Waals surface area contributed by atoms with Crippen LogP contribution in [0.1, 0.15) is 18.5 Å². The van der Waals surface area contributed by atoms with E-state index in [1.54, 1.807) is 6.92 Å². The predicted molar refractivity (Wildman–Crippen MR) is 74.6 cm³/mol. The molecule has 6 nitrogen and oxygen atoms in total. The van der Waals surface area contributed by atoms with Gasteiger partial charge in [0.15, 0.2) is 11.5 Å². The quantitative estimate of drug-likeness (QED) is 0.771. The van der Waals surface area contributed by atoms with E-state index in [-0.39, 0.29) is 12.2 Å². The lowest BCUT2D eigenvalue weighted by atomic mass is 10.0. The molecule has 118 valence electrons. The summed E-state index contributed by atoms with van der Waals surface area (Å²) in [5, 5.41) is 0. The summed E-state index contributed by atoms with van der Waals surface area (Å²) in [5.74, 6) is 0.0607. The molecule has 2 atom stereocenters. The highest BCUT2D eigenvalue weighted by molar-refractivity contribution is 5.76. The summed E-state index contributed by atoms with van der Waals surface area (Å²) in [6, 6.07) is 1.76. The Kier molecular flexibility index (Phi) is 6.23. The zero-order chi connectivity index (χ0) is 16.0. The first kappa shape index (κ1) is 17.0. The van der Waals surface area contributed by atoms with Crippen molar-refractivity contribution in [3.8, 4) is 17.2 Å². The van der Waals surface area contributed by atoms with Gasteiger partial charge in [-0.3, -0.25) is 0 Å². The molecular weight excluding hydrogens is 281 g/mol. The van der Waals surface area contributed by atoms with Crippen LogP contribution in [0.2, 0.25) is 0 Å². The average molecular weight is 301 g/mol. The maximum absolute atomic E-state index is 14.1. The first-order valence-electron chi connectivity index (χ1n) is 6.36. The molecule has 1 aromatic carbocycles. The number of nitrogens with two attached hydrogens (primary N) is 1. The van der Waals surface area contributed by atoms with Crippen LogP contribution in [0.5, 0.6) is 17.2 Å². The second-order valence-electron chi connectivity index (χ2n) is 4.13. The lowest BCUT2D eigenvalue weighted by Gasteiger charge is -2.20. The number of carbonyl (C=O) groups is 1. The van der Waals surface area contributed by atoms with Gasteiger partial charge in [-0.15, -0.1) is 0 Å². The fourth-order valence-corrected chi connectivity index (χ4v) is 1.84. The molecule has 0 aliphatic carbocycles. The Labute approximate surface area is 122 Å². The van der Waals surface area contributed by atoms with Gasteiger partial charge < -0.3 is 24.7 Å². The largest absolute Gasteiger partial charge is 0.496 e. The van der Waals surface area contributed by atoms with Crippen LogP contribution < -0.4 is 19.9 Å². The van der Waals surface area contributed by atoms with Gasteiger partial charge >= 0.3 is 5.97 Å². The molecule has 1 unspecified atom stereocenters. The molecule has 0 amide bonds. The second kappa shape index (κ2) is 7.68. The number of hydrogen-bond acceptors (Lipinski definition) is 6. The second-order valence-corrected chi connectivity index (χ2v) is 4.13. The predicted octanol–water partition coefficient (Wildman–Crippen LogP) is 1.61. The summed E-state index contributed by atoms with van der Waals surface area (Å²) in [4.78, 5) is 11.5. The van der Waals surface area contributed by atoms with Crippen molar-refractivity contribution in [1.29, 1.82) is 0 Å². The SMILES string of the molecule is CCOC(=O)C(F)[C@H](N)c1cc(OC)c(OC)cc1OC. The summed E-state index contributed by atoms with van der Waals surface area (Å²) in [5.41, 5.74) is 6.10. The topological polar surface area (TPSA) is 80.0 Å². The summed E-state index contributed by atoms with van der Waals surface area (Å²) in [6.07, 6.45) is -2.00. The van der Waals surface area contributed by atoms with Crippen LogP contribution in [0.15, 0.2) is 12.1 Å². The highest BCUT2D eigenvalue weighted by Gasteiger charge is 2.31. The number of ether oxygens (including phenoxy) is 4. The minimum Gasteiger partial charge on any atom is -0.496 e. The van der Waals surface area contributed by atoms with Crippen LogP contribution in [0.3, 0.4) is 0 Å². The standard InChI is InChI=1S/C14H20FNO5/c1-5-21-14(17)12(15)13(16)8-6-10(19-3)11(20-4)7-9(8)18-2/h6-7,12-13H,5,16H2,1-4H3/t12?,13-/m1/s1. The zero-order valence-corrected chi connectivity index (χ0v) is 12.5. The van der Waals surface area contributed by atoms with Gasteiger partial charge in [0.2, 0.25) is 6.17 Å². The lowest BCUT2D eigenvalue weighted by molar-refractivity contribution is -0.149. The molecule has 2 N–H and O–H groups in total. The third-order valence-corrected chi connectivity index (χ3v) is 2.92. The van der Waals surface area contributed by atoms with Crippen LogP contribution in [0, 0.1) is 0 Å². The van der Waals surface area contributed by atoms with E-state index < -0.39 is 18.2 Å². The van der Waals surface area contributed by atoms with E-state index in [0.29, 0.717) is 17.2 Å². The third-order valence-electron chi connectivity index (χ3n) is 2.92. The number of methoxy groups -OCH3 is 3. The van der Waals surface area contributed by atoms with Gasteiger partial charge in [-0.25, -0.2) is 9.18 Å². The number of halogens is 1. The first-order chi connectivity index (χ1) is 9.99. The van der Waals surface area contributed by atoms with Crippen molar-refractivity contribution in [2.75, 3.05) is 27.9 Å². The van der Waals surface area contributed by atoms with Crippen molar-refractivity contribution in [3.05, 3.63) is 17.7 Å². The first-order valence-corrected chi connectivity index (χ1v) is 6.36. The van der Waals surface area contributed by atoms with Gasteiger partial charge in [0.1, 0.15) is 5.75 Å². The number of alkyl halides is 1. The summed E-state index contributed by atoms with van der Waals surface area (Å²) >= 11 is 0. The molecular formula is C14H20FNO5. The minimum atomic E-state index is -2.00. The summed E-state index contributed by atoms with van der Waals surface area (Å²) in [6.45, 7) is 1.67. The van der Waals surface area contributed by atoms with Gasteiger partial charge in [0.05, 0.1) is 34.0 Å². The Morgan fingerprint density at radius 1 is 1.14 bits per heavy atom. The lowest BCUT2D eigenvalue weighted by Crippen LogP contribution is -2.31. The van der Waals surface area contributed by atoms with Gasteiger partial charge in [-0.2, -0.15) is 0 Å². The molecule has 0 aromatic heterocycles. The van der Waals surface area contributed by atoms with E-state index >= 15 is 0 Å². The number of esters is 1. The van der Waals surface area contributed by atoms with Gasteiger partial charge in [-0.1, -0.05) is 0 Å². The van der Waals surface area contributed by atoms with E-state index in [9.17, 15) is 9.18 Å². The smallest absolute Gasteiger partial charge is 0.342 e. The number of rotatable bonds is 7. The highest BCUT2D eigenvalue weighted by Crippen LogP contribution is 2.38. The molecule has 0 saturated carbocycles. The summed E-state index contributed by atoms with van der Waals surface area (Å²) < 4.78 is 34.1. The highest BCUT2D eigenvalue weighted by atomic mass is 19.1. The summed E-state index contributed by atoms with van der Waals surface area (Å²) in [7, 11) is 4.32. The molecule has 0 fully saturated rings. The normalized spacial score (nSPS) is 13.2. The third kappa shape index (κ3) is 3.75. The molecule has 0 saturated heterocycles. The molecule has 0 radical (unpaired) electrons. The van der Waals surface area contributed by atoms with Crippen molar-refractivity contribution >= 4 is 5.97 Å². The van der Waals surface area contributed by atoms with Gasteiger partial charge in [-0.05, 0) is 13.0 Å². The van der Waals surface area contributed by atoms with Crippen molar-refractivity contribution < 1.29 is 28.1 Å². The average Bonchev–Trinajstić information content (AvgIpc) is 2.52. The Morgan fingerprint density at radius 3 is 2.14 bits per heavy atom. The van der Waals surface area contributed by atoms with Crippen molar-refractivity contribution in [3.63, 3.8) is 0 Å². The maximum Gasteiger partial charge on any atom is 0.342 e. The molecule has 1 rings (SSSR count). The number of carbonyl (C=O) groups excluding carboxylic acids is 1. The Bertz CT molecular complexity index is 494. The molecule has 0 bridgehead atoms. The van der Waals surface area contributed by atoms with Crippen LogP contribution in [0.4, 0.5) is 4.39 Å². The van der Waals surface area contributed by atoms with Crippen molar-refractivity contribution in [2.24, 2.45) is 5.73 Å². The fraction of sp³-hybridized carbons (Fsp3) is 0.500. The van der Waals surface area contributed by atoms with Crippen LogP contribution in [-0.2, 0) is 9.53 Å². The van der Waals surface area contributed by atoms with E-state index in [4.69, 9.17) is 19.9 Å². The van der Waals surface area contributed by atoms with Gasteiger partial charge in [0.25, 0.3) is 0 Å². The molecule has 0 aliphatic rings. The Hall–Kier alpha value is -2.02. The van der Waals surface area contributed by atoms with Crippen LogP contribution >= 0.6 is 0 Å². The van der Waals surface area contributed by atoms with E-state index in [2.05, 4.69) is 4.74 Å². The number of hydrogen-bond donors (Lipinski definition) is 1. The van der Waals surface area contributed by atoms with E-state index in [0.717, 1.165) is 0 Å². The maximum atomic E-state index is 14.1. The van der Waals surface area contributed by atoms with Crippen LogP contribution in [-0.4, -0.2) is 40.1 Å². The Morgan fingerprint density at radius 2 is 1.67 bits per heavy atom. The minimum absolute atomic E-state index is 0.0784. The molecule has 21 heavy (non-hydrogen) atoms. The number of benzene rings is 1. The van der Waals surface area contributed by atoms with E-state index in [1.165, 1.54) is 33.5 Å². The fourth-order valence-electron chi connectivity index (χ4n) is 1.84. The molecule has 0 heterocycles. The molecule has 0 spiro atoms. The zero-order valence-electron chi connectivity index (χ0n) is 12.5. The molecule has 7 heteroatoms. The van der Waals surface area contributed by atoms with Crippen molar-refractivity contribution in [2.45, 2.75) is 19.1 Å². The molecule has 0 aliphatic heterocycles.